The van der Waals surface area contributed by atoms with Crippen molar-refractivity contribution in [2.45, 2.75) is 20.8 Å². The van der Waals surface area contributed by atoms with E-state index in [9.17, 15) is 5.11 Å². The van der Waals surface area contributed by atoms with Crippen molar-refractivity contribution in [3.63, 3.8) is 0 Å². The Morgan fingerprint density at radius 2 is 1.50 bits per heavy atom. The monoisotopic (exact) mass is 216 g/mol. The molecule has 0 radical (unpaired) electrons. The SMILES string of the molecule is Cc1nnc(-c2cc(C)c(O)cc2C)nn1. The quantitative estimate of drug-likeness (QED) is 0.783. The zero-order valence-electron chi connectivity index (χ0n) is 9.39. The number of benzene rings is 1. The van der Waals surface area contributed by atoms with Crippen molar-refractivity contribution >= 4 is 0 Å². The number of hydrogen-bond acceptors (Lipinski definition) is 5. The van der Waals surface area contributed by atoms with Crippen LogP contribution in [-0.2, 0) is 0 Å². The molecule has 0 atom stereocenters. The highest BCUT2D eigenvalue weighted by atomic mass is 16.3. The predicted octanol–water partition coefficient (Wildman–Crippen LogP) is 1.56. The molecule has 5 heteroatoms. The molecule has 0 saturated heterocycles. The van der Waals surface area contributed by atoms with Crippen molar-refractivity contribution in [3.8, 4) is 17.1 Å². The Kier molecular flexibility index (Phi) is 2.52. The Morgan fingerprint density at radius 3 is 2.12 bits per heavy atom. The third-order valence-corrected chi connectivity index (χ3v) is 2.36. The van der Waals surface area contributed by atoms with E-state index in [4.69, 9.17) is 0 Å². The van der Waals surface area contributed by atoms with Crippen LogP contribution in [0.25, 0.3) is 11.4 Å². The van der Waals surface area contributed by atoms with Crippen molar-refractivity contribution in [2.75, 3.05) is 0 Å². The van der Waals surface area contributed by atoms with E-state index in [0.29, 0.717) is 11.6 Å². The lowest BCUT2D eigenvalue weighted by molar-refractivity contribution is 0.471. The standard InChI is InChI=1S/C11H12N4O/c1-6-5-10(16)7(2)4-9(6)11-14-12-8(3)13-15-11/h4-5,16H,1-3H3. The first-order valence-corrected chi connectivity index (χ1v) is 4.92. The Morgan fingerprint density at radius 1 is 0.875 bits per heavy atom. The molecule has 0 aliphatic heterocycles. The largest absolute Gasteiger partial charge is 0.508 e. The van der Waals surface area contributed by atoms with Crippen molar-refractivity contribution in [3.05, 3.63) is 29.1 Å². The first-order chi connectivity index (χ1) is 7.58. The van der Waals surface area contributed by atoms with Crippen LogP contribution in [0.5, 0.6) is 5.75 Å². The van der Waals surface area contributed by atoms with Gasteiger partial charge in [-0.3, -0.25) is 0 Å². The number of hydrogen-bond donors (Lipinski definition) is 1. The number of nitrogens with zero attached hydrogens (tertiary/aromatic N) is 4. The second-order valence-electron chi connectivity index (χ2n) is 3.72. The molecule has 5 nitrogen and oxygen atoms in total. The Bertz CT molecular complexity index is 522. The number of phenols is 1. The second kappa shape index (κ2) is 3.84. The first-order valence-electron chi connectivity index (χ1n) is 4.92. The summed E-state index contributed by atoms with van der Waals surface area (Å²) in [7, 11) is 0. The average molecular weight is 216 g/mol. The van der Waals surface area contributed by atoms with Crippen molar-refractivity contribution in [2.24, 2.45) is 0 Å². The molecule has 2 aromatic rings. The fraction of sp³-hybridized carbons (Fsp3) is 0.273. The Balaban J connectivity index is 2.56. The zero-order chi connectivity index (χ0) is 11.7. The number of aromatic hydroxyl groups is 1. The van der Waals surface area contributed by atoms with Crippen molar-refractivity contribution in [1.82, 2.24) is 20.4 Å². The summed E-state index contributed by atoms with van der Waals surface area (Å²) in [6, 6.07) is 3.52. The molecule has 0 amide bonds. The summed E-state index contributed by atoms with van der Waals surface area (Å²) in [6.07, 6.45) is 0. The van der Waals surface area contributed by atoms with Gasteiger partial charge in [0.25, 0.3) is 0 Å². The Hall–Kier alpha value is -2.04. The maximum atomic E-state index is 9.54. The van der Waals surface area contributed by atoms with Crippen LogP contribution in [-0.4, -0.2) is 25.5 Å². The molecule has 0 unspecified atom stereocenters. The van der Waals surface area contributed by atoms with E-state index in [-0.39, 0.29) is 5.75 Å². The lowest BCUT2D eigenvalue weighted by atomic mass is 10.0. The van der Waals surface area contributed by atoms with Gasteiger partial charge in [-0.25, -0.2) is 0 Å². The summed E-state index contributed by atoms with van der Waals surface area (Å²) in [4.78, 5) is 0. The normalized spacial score (nSPS) is 10.4. The summed E-state index contributed by atoms with van der Waals surface area (Å²) in [5.41, 5.74) is 2.52. The summed E-state index contributed by atoms with van der Waals surface area (Å²) in [5, 5.41) is 25.2. The van der Waals surface area contributed by atoms with Gasteiger partial charge in [-0.15, -0.1) is 20.4 Å². The molecule has 1 N–H and O–H groups in total. The van der Waals surface area contributed by atoms with Crippen LogP contribution in [0, 0.1) is 20.8 Å². The summed E-state index contributed by atoms with van der Waals surface area (Å²) in [5.74, 6) is 1.29. The molecule has 1 aromatic carbocycles. The first kappa shape index (κ1) is 10.5. The molecule has 0 fully saturated rings. The van der Waals surface area contributed by atoms with Gasteiger partial charge in [0.1, 0.15) is 5.75 Å². The van der Waals surface area contributed by atoms with Gasteiger partial charge in [-0.2, -0.15) is 0 Å². The maximum Gasteiger partial charge on any atom is 0.203 e. The van der Waals surface area contributed by atoms with Crippen LogP contribution in [0.2, 0.25) is 0 Å². The summed E-state index contributed by atoms with van der Waals surface area (Å²) >= 11 is 0. The van der Waals surface area contributed by atoms with Crippen LogP contribution in [0.1, 0.15) is 17.0 Å². The lowest BCUT2D eigenvalue weighted by Gasteiger charge is -2.06. The second-order valence-corrected chi connectivity index (χ2v) is 3.72. The highest BCUT2D eigenvalue weighted by molar-refractivity contribution is 5.62. The molecule has 16 heavy (non-hydrogen) atoms. The van der Waals surface area contributed by atoms with E-state index in [0.717, 1.165) is 16.7 Å². The highest BCUT2D eigenvalue weighted by Crippen LogP contribution is 2.26. The minimum Gasteiger partial charge on any atom is -0.508 e. The average Bonchev–Trinajstić information content (AvgIpc) is 2.25. The Labute approximate surface area is 93.2 Å². The molecule has 0 spiro atoms. The zero-order valence-corrected chi connectivity index (χ0v) is 9.39. The fourth-order valence-corrected chi connectivity index (χ4v) is 1.43. The van der Waals surface area contributed by atoms with Crippen LogP contribution in [0.3, 0.4) is 0 Å². The smallest absolute Gasteiger partial charge is 0.203 e. The third-order valence-electron chi connectivity index (χ3n) is 2.36. The van der Waals surface area contributed by atoms with Crippen LogP contribution >= 0.6 is 0 Å². The minimum atomic E-state index is 0.272. The molecule has 0 aliphatic carbocycles. The van der Waals surface area contributed by atoms with Gasteiger partial charge in [-0.1, -0.05) is 0 Å². The minimum absolute atomic E-state index is 0.272. The predicted molar refractivity (Wildman–Crippen MR) is 58.9 cm³/mol. The van der Waals surface area contributed by atoms with Gasteiger partial charge in [0.15, 0.2) is 5.82 Å². The van der Waals surface area contributed by atoms with Crippen LogP contribution < -0.4 is 0 Å². The van der Waals surface area contributed by atoms with E-state index in [2.05, 4.69) is 20.4 Å². The topological polar surface area (TPSA) is 71.8 Å². The molecule has 82 valence electrons. The summed E-state index contributed by atoms with van der Waals surface area (Å²) < 4.78 is 0. The van der Waals surface area contributed by atoms with Gasteiger partial charge in [0.05, 0.1) is 0 Å². The molecule has 1 aromatic heterocycles. The maximum absolute atomic E-state index is 9.54. The molecule has 1 heterocycles. The number of aryl methyl sites for hydroxylation is 3. The third kappa shape index (κ3) is 1.84. The van der Waals surface area contributed by atoms with Gasteiger partial charge in [0, 0.05) is 5.56 Å². The van der Waals surface area contributed by atoms with E-state index in [1.54, 1.807) is 13.0 Å². The highest BCUT2D eigenvalue weighted by Gasteiger charge is 2.09. The van der Waals surface area contributed by atoms with Gasteiger partial charge >= 0.3 is 0 Å². The number of phenolic OH excluding ortho intramolecular Hbond substituents is 1. The van der Waals surface area contributed by atoms with Gasteiger partial charge < -0.3 is 5.11 Å². The van der Waals surface area contributed by atoms with E-state index in [1.165, 1.54) is 0 Å². The number of rotatable bonds is 1. The van der Waals surface area contributed by atoms with Crippen LogP contribution in [0.4, 0.5) is 0 Å². The lowest BCUT2D eigenvalue weighted by Crippen LogP contribution is -2.00. The van der Waals surface area contributed by atoms with Crippen molar-refractivity contribution < 1.29 is 5.11 Å². The fourth-order valence-electron chi connectivity index (χ4n) is 1.43. The van der Waals surface area contributed by atoms with Crippen molar-refractivity contribution in [1.29, 1.82) is 0 Å². The van der Waals surface area contributed by atoms with Gasteiger partial charge in [-0.05, 0) is 44.0 Å². The van der Waals surface area contributed by atoms with Crippen LogP contribution in [0.15, 0.2) is 12.1 Å². The van der Waals surface area contributed by atoms with E-state index in [1.807, 2.05) is 19.9 Å². The number of aromatic nitrogens is 4. The summed E-state index contributed by atoms with van der Waals surface area (Å²) in [6.45, 7) is 5.45. The molecular weight excluding hydrogens is 204 g/mol. The van der Waals surface area contributed by atoms with E-state index < -0.39 is 0 Å². The molecule has 0 saturated carbocycles. The molecule has 0 bridgehead atoms. The van der Waals surface area contributed by atoms with E-state index >= 15 is 0 Å². The molecule has 0 aliphatic rings. The molecular formula is C11H12N4O. The van der Waals surface area contributed by atoms with Gasteiger partial charge in [0.2, 0.25) is 5.82 Å². The molecule has 2 rings (SSSR count).